The lowest BCUT2D eigenvalue weighted by Crippen LogP contribution is -2.13. The topological polar surface area (TPSA) is 90.1 Å². The summed E-state index contributed by atoms with van der Waals surface area (Å²) >= 11 is 0. The summed E-state index contributed by atoms with van der Waals surface area (Å²) in [6, 6.07) is 19.5. The van der Waals surface area contributed by atoms with E-state index in [1.807, 2.05) is 36.4 Å². The summed E-state index contributed by atoms with van der Waals surface area (Å²) in [5.74, 6) is 0.856. The van der Waals surface area contributed by atoms with Gasteiger partial charge < -0.3 is 15.8 Å². The number of carbonyl (C=O) groups excluding carboxylic acids is 1. The van der Waals surface area contributed by atoms with E-state index in [1.54, 1.807) is 24.5 Å². The van der Waals surface area contributed by atoms with Gasteiger partial charge in [0.05, 0.1) is 6.20 Å². The van der Waals surface area contributed by atoms with Gasteiger partial charge in [-0.3, -0.25) is 9.78 Å². The summed E-state index contributed by atoms with van der Waals surface area (Å²) in [5.41, 5.74) is 8.48. The van der Waals surface area contributed by atoms with Gasteiger partial charge in [-0.25, -0.2) is 4.98 Å². The van der Waals surface area contributed by atoms with Crippen LogP contribution in [0.2, 0.25) is 0 Å². The summed E-state index contributed by atoms with van der Waals surface area (Å²) in [5, 5.41) is 5.27. The van der Waals surface area contributed by atoms with Crippen LogP contribution in [-0.2, 0) is 6.61 Å². The van der Waals surface area contributed by atoms with E-state index >= 15 is 0 Å². The van der Waals surface area contributed by atoms with Crippen LogP contribution in [-0.4, -0.2) is 15.9 Å². The van der Waals surface area contributed by atoms with Crippen molar-refractivity contribution in [2.24, 2.45) is 5.73 Å². The van der Waals surface area contributed by atoms with Crippen LogP contribution in [0.5, 0.6) is 5.75 Å². The lowest BCUT2D eigenvalue weighted by molar-refractivity contribution is 0.0995. The largest absolute Gasteiger partial charge is 0.487 e. The maximum absolute atomic E-state index is 11.3. The first-order valence-electron chi connectivity index (χ1n) is 9.19. The van der Waals surface area contributed by atoms with Gasteiger partial charge >= 0.3 is 0 Å². The molecular weight excluding hydrogens is 364 g/mol. The van der Waals surface area contributed by atoms with Crippen molar-refractivity contribution in [1.29, 1.82) is 0 Å². The minimum atomic E-state index is -0.564. The van der Waals surface area contributed by atoms with Crippen LogP contribution in [0.1, 0.15) is 21.6 Å². The minimum Gasteiger partial charge on any atom is -0.487 e. The molecule has 0 radical (unpaired) electrons. The van der Waals surface area contributed by atoms with E-state index in [0.717, 1.165) is 27.8 Å². The molecule has 0 bridgehead atoms. The van der Waals surface area contributed by atoms with Crippen LogP contribution in [0.25, 0.3) is 10.8 Å². The number of ether oxygens (including phenoxy) is 1. The number of benzene rings is 2. The Morgan fingerprint density at radius 2 is 1.79 bits per heavy atom. The van der Waals surface area contributed by atoms with E-state index in [9.17, 15) is 4.79 Å². The Morgan fingerprint density at radius 3 is 2.55 bits per heavy atom. The molecule has 6 heteroatoms. The monoisotopic (exact) mass is 384 g/mol. The second-order valence-corrected chi connectivity index (χ2v) is 6.71. The molecule has 6 nitrogen and oxygen atoms in total. The summed E-state index contributed by atoms with van der Waals surface area (Å²) in [6.45, 7) is 2.33. The number of amides is 1. The molecule has 4 aromatic rings. The molecule has 144 valence electrons. The predicted octanol–water partition coefficient (Wildman–Crippen LogP) is 4.36. The standard InChI is InChI=1S/C23H20N4O2/c1-15-6-8-17(9-7-15)27-23-19-5-3-2-4-18(19)21(13-26-23)29-14-16-10-11-25-20(12-16)22(24)28/h2-13H,14H2,1H3,(H2,24,28)(H,26,27). The molecule has 2 heterocycles. The third-order valence-corrected chi connectivity index (χ3v) is 4.54. The van der Waals surface area contributed by atoms with Crippen LogP contribution in [0.4, 0.5) is 11.5 Å². The van der Waals surface area contributed by atoms with Crippen molar-refractivity contribution < 1.29 is 9.53 Å². The molecule has 29 heavy (non-hydrogen) atoms. The van der Waals surface area contributed by atoms with Gasteiger partial charge in [0.2, 0.25) is 0 Å². The average molecular weight is 384 g/mol. The van der Waals surface area contributed by atoms with Crippen molar-refractivity contribution in [3.8, 4) is 5.75 Å². The molecule has 0 unspecified atom stereocenters. The summed E-state index contributed by atoms with van der Waals surface area (Å²) in [6.07, 6.45) is 3.25. The molecule has 0 saturated heterocycles. The fourth-order valence-corrected chi connectivity index (χ4v) is 3.01. The van der Waals surface area contributed by atoms with Gasteiger partial charge in [-0.2, -0.15) is 0 Å². The van der Waals surface area contributed by atoms with E-state index in [-0.39, 0.29) is 12.3 Å². The van der Waals surface area contributed by atoms with Gasteiger partial charge in [0.15, 0.2) is 0 Å². The van der Waals surface area contributed by atoms with Gasteiger partial charge in [0.25, 0.3) is 5.91 Å². The van der Waals surface area contributed by atoms with Crippen LogP contribution >= 0.6 is 0 Å². The third kappa shape index (κ3) is 4.16. The molecule has 0 saturated carbocycles. The highest BCUT2D eigenvalue weighted by molar-refractivity contribution is 5.97. The maximum Gasteiger partial charge on any atom is 0.267 e. The zero-order valence-electron chi connectivity index (χ0n) is 15.9. The second kappa shape index (κ2) is 7.98. The van der Waals surface area contributed by atoms with Gasteiger partial charge in [0, 0.05) is 22.7 Å². The highest BCUT2D eigenvalue weighted by atomic mass is 16.5. The van der Waals surface area contributed by atoms with Gasteiger partial charge in [-0.05, 0) is 36.8 Å². The number of hydrogen-bond acceptors (Lipinski definition) is 5. The quantitative estimate of drug-likeness (QED) is 0.515. The first-order valence-corrected chi connectivity index (χ1v) is 9.19. The van der Waals surface area contributed by atoms with Crippen LogP contribution in [0.15, 0.2) is 73.1 Å². The van der Waals surface area contributed by atoms with E-state index in [0.29, 0.717) is 5.75 Å². The van der Waals surface area contributed by atoms with E-state index in [1.165, 1.54) is 5.56 Å². The minimum absolute atomic E-state index is 0.215. The first kappa shape index (κ1) is 18.4. The smallest absolute Gasteiger partial charge is 0.267 e. The van der Waals surface area contributed by atoms with Gasteiger partial charge in [-0.15, -0.1) is 0 Å². The van der Waals surface area contributed by atoms with Crippen LogP contribution in [0.3, 0.4) is 0 Å². The Labute approximate surface area is 168 Å². The van der Waals surface area contributed by atoms with E-state index < -0.39 is 5.91 Å². The third-order valence-electron chi connectivity index (χ3n) is 4.54. The number of aryl methyl sites for hydroxylation is 1. The molecule has 0 atom stereocenters. The molecular formula is C23H20N4O2. The number of nitrogens with zero attached hydrogens (tertiary/aromatic N) is 2. The molecule has 0 aliphatic heterocycles. The molecule has 1 amide bonds. The lowest BCUT2D eigenvalue weighted by atomic mass is 10.1. The molecule has 2 aromatic heterocycles. The zero-order chi connectivity index (χ0) is 20.2. The molecule has 0 fully saturated rings. The maximum atomic E-state index is 11.3. The number of rotatable bonds is 6. The molecule has 3 N–H and O–H groups in total. The number of hydrogen-bond donors (Lipinski definition) is 2. The fourth-order valence-electron chi connectivity index (χ4n) is 3.01. The molecule has 0 aliphatic carbocycles. The van der Waals surface area contributed by atoms with Gasteiger partial charge in [0.1, 0.15) is 23.9 Å². The van der Waals surface area contributed by atoms with Crippen molar-refractivity contribution in [2.75, 3.05) is 5.32 Å². The van der Waals surface area contributed by atoms with Crippen molar-refractivity contribution in [1.82, 2.24) is 9.97 Å². The average Bonchev–Trinajstić information content (AvgIpc) is 2.75. The number of anilines is 2. The number of aromatic nitrogens is 2. The van der Waals surface area contributed by atoms with Crippen LogP contribution in [0, 0.1) is 6.92 Å². The Balaban J connectivity index is 1.60. The molecule has 0 spiro atoms. The SMILES string of the molecule is Cc1ccc(Nc2ncc(OCc3ccnc(C(N)=O)c3)c3ccccc23)cc1. The van der Waals surface area contributed by atoms with Gasteiger partial charge in [-0.1, -0.05) is 42.0 Å². The Bertz CT molecular complexity index is 1170. The Hall–Kier alpha value is -3.93. The second-order valence-electron chi connectivity index (χ2n) is 6.71. The number of fused-ring (bicyclic) bond motifs is 1. The Morgan fingerprint density at radius 1 is 1.03 bits per heavy atom. The molecule has 4 rings (SSSR count). The van der Waals surface area contributed by atoms with Crippen molar-refractivity contribution in [3.05, 3.63) is 89.9 Å². The summed E-state index contributed by atoms with van der Waals surface area (Å²) < 4.78 is 5.99. The number of nitrogens with two attached hydrogens (primary N) is 1. The summed E-state index contributed by atoms with van der Waals surface area (Å²) in [7, 11) is 0. The number of carbonyl (C=O) groups is 1. The van der Waals surface area contributed by atoms with Crippen molar-refractivity contribution in [3.63, 3.8) is 0 Å². The lowest BCUT2D eigenvalue weighted by Gasteiger charge is -2.13. The van der Waals surface area contributed by atoms with E-state index in [2.05, 4.69) is 34.3 Å². The first-order chi connectivity index (χ1) is 14.1. The number of primary amides is 1. The highest BCUT2D eigenvalue weighted by Gasteiger charge is 2.10. The normalized spacial score (nSPS) is 10.7. The fraction of sp³-hybridized carbons (Fsp3) is 0.0870. The zero-order valence-corrected chi connectivity index (χ0v) is 15.9. The van der Waals surface area contributed by atoms with Crippen molar-refractivity contribution >= 4 is 28.2 Å². The highest BCUT2D eigenvalue weighted by Crippen LogP contribution is 2.31. The predicted molar refractivity (Wildman–Crippen MR) is 113 cm³/mol. The van der Waals surface area contributed by atoms with Crippen molar-refractivity contribution in [2.45, 2.75) is 13.5 Å². The molecule has 0 aliphatic rings. The Kier molecular flexibility index (Phi) is 5.07. The summed E-state index contributed by atoms with van der Waals surface area (Å²) in [4.78, 5) is 19.8. The molecule has 2 aromatic carbocycles. The number of pyridine rings is 2. The van der Waals surface area contributed by atoms with Crippen LogP contribution < -0.4 is 15.8 Å². The van der Waals surface area contributed by atoms with E-state index in [4.69, 9.17) is 10.5 Å². The number of nitrogens with one attached hydrogen (secondary N) is 1.